The van der Waals surface area contributed by atoms with Gasteiger partial charge in [0.05, 0.1) is 12.2 Å². The average Bonchev–Trinajstić information content (AvgIpc) is 2.98. The molecule has 3 rings (SSSR count). The van der Waals surface area contributed by atoms with E-state index in [1.807, 2.05) is 0 Å². The Kier molecular flexibility index (Phi) is 7.26. The molecular formula is C26H42O2. The maximum absolute atomic E-state index is 10.1. The summed E-state index contributed by atoms with van der Waals surface area (Å²) in [7, 11) is 0. The molecule has 0 unspecified atom stereocenters. The minimum Gasteiger partial charge on any atom is -0.388 e. The standard InChI is InChI=1S/C26H42O2/c1-18(2)8-5-6-10-22-13-14-23-21(9-7-15-26(22,23)4)12-11-20-16-24(27)19(3)25(28)17-20/h11-12,18,22-25,27-28H,3,5-10,13-17H2,1-2,4H3/b21-12+/t22-,23-,24+,25+,26+/m0/s1. The summed E-state index contributed by atoms with van der Waals surface area (Å²) < 4.78 is 0. The van der Waals surface area contributed by atoms with E-state index in [-0.39, 0.29) is 0 Å². The Morgan fingerprint density at radius 2 is 1.82 bits per heavy atom. The SMILES string of the molecule is C=C1[C@H](O)CC(=C/C=C2\CCC[C@]3(C)[C@@H](CCCCC(C)C)CC[C@@H]23)C[C@H]1O. The van der Waals surface area contributed by atoms with E-state index in [1.54, 1.807) is 5.57 Å². The largest absolute Gasteiger partial charge is 0.388 e. The minimum absolute atomic E-state index is 0.486. The van der Waals surface area contributed by atoms with E-state index in [1.165, 1.54) is 57.8 Å². The summed E-state index contributed by atoms with van der Waals surface area (Å²) in [5, 5.41) is 20.2. The van der Waals surface area contributed by atoms with Crippen molar-refractivity contribution in [2.45, 2.75) is 104 Å². The van der Waals surface area contributed by atoms with E-state index >= 15 is 0 Å². The maximum atomic E-state index is 10.1. The van der Waals surface area contributed by atoms with Crippen LogP contribution in [-0.4, -0.2) is 22.4 Å². The number of rotatable bonds is 6. The molecule has 0 radical (unpaired) electrons. The van der Waals surface area contributed by atoms with Gasteiger partial charge in [0.25, 0.3) is 0 Å². The molecule has 0 aliphatic heterocycles. The first-order chi connectivity index (χ1) is 13.3. The van der Waals surface area contributed by atoms with Crippen LogP contribution in [0.15, 0.2) is 35.5 Å². The van der Waals surface area contributed by atoms with E-state index in [2.05, 4.69) is 39.5 Å². The van der Waals surface area contributed by atoms with Gasteiger partial charge in [0.15, 0.2) is 0 Å². The molecule has 0 aromatic rings. The van der Waals surface area contributed by atoms with Gasteiger partial charge in [0, 0.05) is 0 Å². The Hall–Kier alpha value is -0.860. The van der Waals surface area contributed by atoms with Crippen LogP contribution < -0.4 is 0 Å². The fourth-order valence-corrected chi connectivity index (χ4v) is 6.19. The molecular weight excluding hydrogens is 344 g/mol. The van der Waals surface area contributed by atoms with Crippen molar-refractivity contribution in [3.8, 4) is 0 Å². The van der Waals surface area contributed by atoms with Crippen molar-refractivity contribution in [1.82, 2.24) is 0 Å². The predicted molar refractivity (Wildman–Crippen MR) is 118 cm³/mol. The van der Waals surface area contributed by atoms with Crippen LogP contribution in [0.4, 0.5) is 0 Å². The van der Waals surface area contributed by atoms with Crippen molar-refractivity contribution in [2.75, 3.05) is 0 Å². The fraction of sp³-hybridized carbons (Fsp3) is 0.769. The maximum Gasteiger partial charge on any atom is 0.0809 e. The van der Waals surface area contributed by atoms with Crippen molar-refractivity contribution in [2.24, 2.45) is 23.2 Å². The lowest BCUT2D eigenvalue weighted by atomic mass is 9.62. The zero-order valence-corrected chi connectivity index (χ0v) is 18.4. The summed E-state index contributed by atoms with van der Waals surface area (Å²) in [4.78, 5) is 0. The number of allylic oxidation sites excluding steroid dienone is 3. The van der Waals surface area contributed by atoms with Gasteiger partial charge in [0.1, 0.15) is 0 Å². The van der Waals surface area contributed by atoms with E-state index in [0.717, 1.165) is 23.3 Å². The molecule has 3 saturated carbocycles. The molecule has 0 amide bonds. The molecule has 3 aliphatic carbocycles. The van der Waals surface area contributed by atoms with Crippen LogP contribution in [-0.2, 0) is 0 Å². The van der Waals surface area contributed by atoms with E-state index in [0.29, 0.717) is 23.8 Å². The number of aliphatic hydroxyl groups is 2. The highest BCUT2D eigenvalue weighted by Crippen LogP contribution is 2.58. The normalized spacial score (nSPS) is 37.6. The molecule has 5 atom stereocenters. The van der Waals surface area contributed by atoms with Crippen molar-refractivity contribution in [3.63, 3.8) is 0 Å². The van der Waals surface area contributed by atoms with Crippen LogP contribution in [0.3, 0.4) is 0 Å². The van der Waals surface area contributed by atoms with Gasteiger partial charge in [-0.2, -0.15) is 0 Å². The summed E-state index contributed by atoms with van der Waals surface area (Å²) in [6, 6.07) is 0. The Bertz CT molecular complexity index is 598. The number of hydrogen-bond donors (Lipinski definition) is 2. The molecule has 2 nitrogen and oxygen atoms in total. The molecule has 28 heavy (non-hydrogen) atoms. The first kappa shape index (κ1) is 21.8. The third-order valence-electron chi connectivity index (χ3n) is 8.05. The number of fused-ring (bicyclic) bond motifs is 1. The highest BCUT2D eigenvalue weighted by molar-refractivity contribution is 5.29. The summed E-state index contributed by atoms with van der Waals surface area (Å²) in [5.41, 5.74) is 3.85. The third-order valence-corrected chi connectivity index (χ3v) is 8.05. The average molecular weight is 387 g/mol. The second-order valence-corrected chi connectivity index (χ2v) is 10.4. The summed E-state index contributed by atoms with van der Waals surface area (Å²) in [6.07, 6.45) is 16.9. The van der Waals surface area contributed by atoms with Crippen molar-refractivity contribution in [3.05, 3.63) is 35.5 Å². The summed E-state index contributed by atoms with van der Waals surface area (Å²) in [6.45, 7) is 11.1. The van der Waals surface area contributed by atoms with Crippen LogP contribution in [0, 0.1) is 23.2 Å². The summed E-state index contributed by atoms with van der Waals surface area (Å²) in [5.74, 6) is 2.46. The Balaban J connectivity index is 1.64. The topological polar surface area (TPSA) is 40.5 Å². The molecule has 2 heteroatoms. The van der Waals surface area contributed by atoms with E-state index < -0.39 is 12.2 Å². The Labute approximate surface area is 172 Å². The summed E-state index contributed by atoms with van der Waals surface area (Å²) >= 11 is 0. The molecule has 0 heterocycles. The van der Waals surface area contributed by atoms with Gasteiger partial charge >= 0.3 is 0 Å². The van der Waals surface area contributed by atoms with E-state index in [4.69, 9.17) is 0 Å². The van der Waals surface area contributed by atoms with Crippen LogP contribution in [0.5, 0.6) is 0 Å². The van der Waals surface area contributed by atoms with Crippen LogP contribution >= 0.6 is 0 Å². The van der Waals surface area contributed by atoms with Crippen molar-refractivity contribution in [1.29, 1.82) is 0 Å². The number of hydrogen-bond acceptors (Lipinski definition) is 2. The van der Waals surface area contributed by atoms with Gasteiger partial charge < -0.3 is 10.2 Å². The minimum atomic E-state index is -0.591. The van der Waals surface area contributed by atoms with Gasteiger partial charge in [-0.3, -0.25) is 0 Å². The lowest BCUT2D eigenvalue weighted by Crippen LogP contribution is -2.33. The first-order valence-electron chi connectivity index (χ1n) is 11.7. The molecule has 0 saturated heterocycles. The Morgan fingerprint density at radius 1 is 1.11 bits per heavy atom. The number of unbranched alkanes of at least 4 members (excludes halogenated alkanes) is 1. The van der Waals surface area contributed by atoms with Crippen molar-refractivity contribution >= 4 is 0 Å². The van der Waals surface area contributed by atoms with E-state index in [9.17, 15) is 10.2 Å². The van der Waals surface area contributed by atoms with Crippen LogP contribution in [0.1, 0.15) is 91.4 Å². The highest BCUT2D eigenvalue weighted by atomic mass is 16.3. The molecule has 0 aromatic heterocycles. The Morgan fingerprint density at radius 3 is 2.50 bits per heavy atom. The molecule has 0 spiro atoms. The fourth-order valence-electron chi connectivity index (χ4n) is 6.19. The lowest BCUT2D eigenvalue weighted by molar-refractivity contribution is 0.123. The molecule has 3 aliphatic rings. The second-order valence-electron chi connectivity index (χ2n) is 10.4. The quantitative estimate of drug-likeness (QED) is 0.413. The molecule has 0 aromatic carbocycles. The van der Waals surface area contributed by atoms with Gasteiger partial charge in [-0.05, 0) is 80.1 Å². The third kappa shape index (κ3) is 4.82. The zero-order chi connectivity index (χ0) is 20.3. The van der Waals surface area contributed by atoms with Gasteiger partial charge in [-0.1, -0.05) is 69.9 Å². The molecule has 2 N–H and O–H groups in total. The van der Waals surface area contributed by atoms with Gasteiger partial charge in [-0.25, -0.2) is 0 Å². The highest BCUT2D eigenvalue weighted by Gasteiger charge is 2.48. The van der Waals surface area contributed by atoms with Crippen molar-refractivity contribution < 1.29 is 10.2 Å². The zero-order valence-electron chi connectivity index (χ0n) is 18.4. The lowest BCUT2D eigenvalue weighted by Gasteiger charge is -2.42. The molecule has 0 bridgehead atoms. The van der Waals surface area contributed by atoms with Gasteiger partial charge in [-0.15, -0.1) is 0 Å². The van der Waals surface area contributed by atoms with Crippen LogP contribution in [0.25, 0.3) is 0 Å². The predicted octanol–water partition coefficient (Wildman–Crippen LogP) is 6.34. The first-order valence-corrected chi connectivity index (χ1v) is 11.7. The molecule has 3 fully saturated rings. The monoisotopic (exact) mass is 386 g/mol. The van der Waals surface area contributed by atoms with Gasteiger partial charge in [0.2, 0.25) is 0 Å². The number of aliphatic hydroxyl groups excluding tert-OH is 2. The smallest absolute Gasteiger partial charge is 0.0809 e. The van der Waals surface area contributed by atoms with Crippen LogP contribution in [0.2, 0.25) is 0 Å². The second kappa shape index (κ2) is 9.30. The molecule has 158 valence electrons.